The molecule has 0 aromatic heterocycles. The molecule has 1 unspecified atom stereocenters. The van der Waals surface area contributed by atoms with Crippen molar-refractivity contribution < 1.29 is 14.7 Å². The largest absolute Gasteiger partial charge is 0.483 e. The Morgan fingerprint density at radius 2 is 2.05 bits per heavy atom. The minimum Gasteiger partial charge on any atom is -0.483 e. The second-order valence-electron chi connectivity index (χ2n) is 5.93. The Balaban J connectivity index is 2.66. The van der Waals surface area contributed by atoms with Crippen LogP contribution >= 0.6 is 0 Å². The smallest absolute Gasteiger partial charge is 0.258 e. The van der Waals surface area contributed by atoms with E-state index in [1.807, 2.05) is 27.7 Å². The summed E-state index contributed by atoms with van der Waals surface area (Å²) in [5, 5.41) is 14.5. The first-order valence-corrected chi connectivity index (χ1v) is 6.74. The first-order valence-electron chi connectivity index (χ1n) is 6.74. The van der Waals surface area contributed by atoms with Crippen molar-refractivity contribution in [3.63, 3.8) is 0 Å². The molecule has 0 spiro atoms. The number of nitrogens with one attached hydrogen (secondary N) is 1. The van der Waals surface area contributed by atoms with Gasteiger partial charge in [0.05, 0.1) is 5.56 Å². The highest BCUT2D eigenvalue weighted by atomic mass is 16.5. The number of amidine groups is 1. The van der Waals surface area contributed by atoms with E-state index >= 15 is 0 Å². The molecule has 6 heteroatoms. The molecule has 1 rings (SSSR count). The summed E-state index contributed by atoms with van der Waals surface area (Å²) in [5.74, 6) is 0.118. The molecule has 0 saturated carbocycles. The van der Waals surface area contributed by atoms with Gasteiger partial charge in [0.2, 0.25) is 0 Å². The van der Waals surface area contributed by atoms with Crippen molar-refractivity contribution in [3.8, 4) is 5.75 Å². The molecule has 0 aliphatic heterocycles. The number of carbonyl (C=O) groups excluding carboxylic acids is 1. The second-order valence-corrected chi connectivity index (χ2v) is 5.93. The van der Waals surface area contributed by atoms with Crippen LogP contribution in [0.3, 0.4) is 0 Å². The Morgan fingerprint density at radius 1 is 1.43 bits per heavy atom. The van der Waals surface area contributed by atoms with Gasteiger partial charge in [-0.1, -0.05) is 38.1 Å². The minimum atomic E-state index is -0.216. The van der Waals surface area contributed by atoms with E-state index in [1.54, 1.807) is 24.3 Å². The molecule has 0 aliphatic carbocycles. The maximum atomic E-state index is 11.9. The highest BCUT2D eigenvalue weighted by Gasteiger charge is 2.21. The van der Waals surface area contributed by atoms with Crippen molar-refractivity contribution in [1.82, 2.24) is 5.32 Å². The fourth-order valence-corrected chi connectivity index (χ4v) is 1.50. The molecule has 1 aromatic rings. The topological polar surface area (TPSA) is 96.9 Å². The summed E-state index contributed by atoms with van der Waals surface area (Å²) in [5.41, 5.74) is 5.97. The molecule has 1 amide bonds. The van der Waals surface area contributed by atoms with Gasteiger partial charge in [-0.2, -0.15) is 0 Å². The zero-order valence-corrected chi connectivity index (χ0v) is 12.9. The van der Waals surface area contributed by atoms with E-state index in [4.69, 9.17) is 15.7 Å². The molecule has 4 N–H and O–H groups in total. The predicted octanol–water partition coefficient (Wildman–Crippen LogP) is 1.71. The van der Waals surface area contributed by atoms with Gasteiger partial charge in [-0.15, -0.1) is 0 Å². The normalized spacial score (nSPS) is 13.6. The average Bonchev–Trinajstić information content (AvgIpc) is 2.43. The second kappa shape index (κ2) is 6.97. The number of oxime groups is 1. The standard InChI is InChI=1S/C15H23N3O3/c1-10(15(2,3)4)17-13(19)9-21-12-8-6-5-7-11(12)14(16)18-20/h5-8,10,20H,9H2,1-4H3,(H2,16,18)(H,17,19). The highest BCUT2D eigenvalue weighted by molar-refractivity contribution is 5.99. The number of benzene rings is 1. The first-order chi connectivity index (χ1) is 9.75. The Morgan fingerprint density at radius 3 is 2.62 bits per heavy atom. The van der Waals surface area contributed by atoms with Gasteiger partial charge >= 0.3 is 0 Å². The van der Waals surface area contributed by atoms with Crippen LogP contribution < -0.4 is 15.8 Å². The van der Waals surface area contributed by atoms with E-state index in [2.05, 4.69) is 10.5 Å². The van der Waals surface area contributed by atoms with Crippen molar-refractivity contribution in [2.75, 3.05) is 6.61 Å². The van der Waals surface area contributed by atoms with Gasteiger partial charge in [0, 0.05) is 6.04 Å². The zero-order chi connectivity index (χ0) is 16.0. The third-order valence-corrected chi connectivity index (χ3v) is 3.31. The van der Waals surface area contributed by atoms with E-state index in [0.29, 0.717) is 11.3 Å². The number of para-hydroxylation sites is 1. The summed E-state index contributed by atoms with van der Waals surface area (Å²) in [4.78, 5) is 11.9. The molecule has 0 heterocycles. The van der Waals surface area contributed by atoms with Crippen LogP contribution in [0.2, 0.25) is 0 Å². The summed E-state index contributed by atoms with van der Waals surface area (Å²) in [6.07, 6.45) is 0. The molecular weight excluding hydrogens is 270 g/mol. The number of rotatable bonds is 5. The van der Waals surface area contributed by atoms with Crippen molar-refractivity contribution in [2.45, 2.75) is 33.7 Å². The van der Waals surface area contributed by atoms with Crippen LogP contribution in [0.5, 0.6) is 5.75 Å². The predicted molar refractivity (Wildman–Crippen MR) is 81.5 cm³/mol. The van der Waals surface area contributed by atoms with Crippen molar-refractivity contribution >= 4 is 11.7 Å². The molecule has 1 atom stereocenters. The van der Waals surface area contributed by atoms with Gasteiger partial charge in [0.25, 0.3) is 5.91 Å². The third kappa shape index (κ3) is 4.98. The van der Waals surface area contributed by atoms with Crippen LogP contribution in [-0.4, -0.2) is 29.6 Å². The van der Waals surface area contributed by atoms with E-state index in [1.165, 1.54) is 0 Å². The lowest BCUT2D eigenvalue weighted by molar-refractivity contribution is -0.124. The number of hydrogen-bond acceptors (Lipinski definition) is 4. The third-order valence-electron chi connectivity index (χ3n) is 3.31. The number of nitrogens with zero attached hydrogens (tertiary/aromatic N) is 1. The van der Waals surface area contributed by atoms with Crippen LogP contribution in [0.4, 0.5) is 0 Å². The first kappa shape index (κ1) is 16.8. The van der Waals surface area contributed by atoms with Gasteiger partial charge in [-0.05, 0) is 24.5 Å². The molecule has 0 aliphatic rings. The Bertz CT molecular complexity index is 521. The van der Waals surface area contributed by atoms with Crippen molar-refractivity contribution in [1.29, 1.82) is 0 Å². The Labute approximate surface area is 125 Å². The van der Waals surface area contributed by atoms with Crippen LogP contribution in [-0.2, 0) is 4.79 Å². The van der Waals surface area contributed by atoms with Crippen LogP contribution in [0, 0.1) is 5.41 Å². The van der Waals surface area contributed by atoms with Crippen LogP contribution in [0.15, 0.2) is 29.4 Å². The minimum absolute atomic E-state index is 0.0212. The van der Waals surface area contributed by atoms with Crippen molar-refractivity contribution in [3.05, 3.63) is 29.8 Å². The van der Waals surface area contributed by atoms with Gasteiger partial charge in [-0.25, -0.2) is 0 Å². The van der Waals surface area contributed by atoms with Crippen LogP contribution in [0.1, 0.15) is 33.3 Å². The van der Waals surface area contributed by atoms with E-state index in [-0.39, 0.29) is 29.8 Å². The lowest BCUT2D eigenvalue weighted by atomic mass is 9.88. The number of ether oxygens (including phenoxy) is 1. The van der Waals surface area contributed by atoms with E-state index in [9.17, 15) is 4.79 Å². The van der Waals surface area contributed by atoms with Gasteiger partial charge < -0.3 is 21.0 Å². The average molecular weight is 293 g/mol. The van der Waals surface area contributed by atoms with E-state index < -0.39 is 0 Å². The summed E-state index contributed by atoms with van der Waals surface area (Å²) in [6.45, 7) is 7.96. The molecule has 21 heavy (non-hydrogen) atoms. The lowest BCUT2D eigenvalue weighted by Crippen LogP contribution is -2.43. The molecule has 116 valence electrons. The number of amides is 1. The number of hydrogen-bond donors (Lipinski definition) is 3. The fraction of sp³-hybridized carbons (Fsp3) is 0.467. The van der Waals surface area contributed by atoms with Gasteiger partial charge in [0.1, 0.15) is 5.75 Å². The van der Waals surface area contributed by atoms with Crippen LogP contribution in [0.25, 0.3) is 0 Å². The van der Waals surface area contributed by atoms with E-state index in [0.717, 1.165) is 0 Å². The SMILES string of the molecule is CC(NC(=O)COc1ccccc1/C(N)=N/O)C(C)(C)C. The fourth-order valence-electron chi connectivity index (χ4n) is 1.50. The Kier molecular flexibility index (Phi) is 5.58. The molecule has 0 fully saturated rings. The maximum absolute atomic E-state index is 11.9. The lowest BCUT2D eigenvalue weighted by Gasteiger charge is -2.28. The molecule has 0 saturated heterocycles. The Hall–Kier alpha value is -2.24. The molecule has 0 radical (unpaired) electrons. The van der Waals surface area contributed by atoms with Gasteiger partial charge in [0.15, 0.2) is 12.4 Å². The summed E-state index contributed by atoms with van der Waals surface area (Å²) < 4.78 is 5.45. The van der Waals surface area contributed by atoms with Crippen molar-refractivity contribution in [2.24, 2.45) is 16.3 Å². The summed E-state index contributed by atoms with van der Waals surface area (Å²) in [6, 6.07) is 6.82. The number of nitrogens with two attached hydrogens (primary N) is 1. The maximum Gasteiger partial charge on any atom is 0.258 e. The monoisotopic (exact) mass is 293 g/mol. The summed E-state index contributed by atoms with van der Waals surface area (Å²) >= 11 is 0. The highest BCUT2D eigenvalue weighted by Crippen LogP contribution is 2.19. The zero-order valence-electron chi connectivity index (χ0n) is 12.9. The summed E-state index contributed by atoms with van der Waals surface area (Å²) in [7, 11) is 0. The molecule has 0 bridgehead atoms. The number of carbonyl (C=O) groups is 1. The molecular formula is C15H23N3O3. The van der Waals surface area contributed by atoms with Gasteiger partial charge in [-0.3, -0.25) is 4.79 Å². The molecule has 6 nitrogen and oxygen atoms in total. The molecule has 1 aromatic carbocycles. The quantitative estimate of drug-likeness (QED) is 0.333.